The molecule has 0 atom stereocenters. The Hall–Kier alpha value is -1.48. The van der Waals surface area contributed by atoms with Crippen LogP contribution in [0.1, 0.15) is 19.0 Å². The van der Waals surface area contributed by atoms with Crippen molar-refractivity contribution >= 4 is 17.3 Å². The fourth-order valence-electron chi connectivity index (χ4n) is 1.74. The summed E-state index contributed by atoms with van der Waals surface area (Å²) < 4.78 is 2.26. The Bertz CT molecular complexity index is 462. The quantitative estimate of drug-likeness (QED) is 0.822. The van der Waals surface area contributed by atoms with Crippen LogP contribution in [0, 0.1) is 0 Å². The Kier molecular flexibility index (Phi) is 4.04. The maximum Gasteiger partial charge on any atom is 0.129 e. The molecule has 0 saturated heterocycles. The van der Waals surface area contributed by atoms with Crippen LogP contribution >= 0.6 is 11.6 Å². The van der Waals surface area contributed by atoms with E-state index in [0.717, 1.165) is 25.2 Å². The molecule has 0 aliphatic rings. The molecule has 0 unspecified atom stereocenters. The SMILES string of the molecule is CCCn1cccc1CNc1ccc(Cl)nc1. The van der Waals surface area contributed by atoms with Crippen molar-refractivity contribution in [1.82, 2.24) is 9.55 Å². The summed E-state index contributed by atoms with van der Waals surface area (Å²) in [6.07, 6.45) is 5.00. The number of pyridine rings is 1. The maximum atomic E-state index is 5.73. The van der Waals surface area contributed by atoms with Crippen molar-refractivity contribution < 1.29 is 0 Å². The lowest BCUT2D eigenvalue weighted by atomic mass is 10.3. The van der Waals surface area contributed by atoms with Crippen molar-refractivity contribution in [3.05, 3.63) is 47.5 Å². The third kappa shape index (κ3) is 3.24. The second-order valence-corrected chi connectivity index (χ2v) is 4.30. The fraction of sp³-hybridized carbons (Fsp3) is 0.308. The lowest BCUT2D eigenvalue weighted by Crippen LogP contribution is -2.06. The Labute approximate surface area is 106 Å². The van der Waals surface area contributed by atoms with E-state index >= 15 is 0 Å². The van der Waals surface area contributed by atoms with E-state index in [0.29, 0.717) is 5.15 Å². The van der Waals surface area contributed by atoms with Crippen LogP contribution in [0.4, 0.5) is 5.69 Å². The molecule has 17 heavy (non-hydrogen) atoms. The number of nitrogens with one attached hydrogen (secondary N) is 1. The molecule has 2 aromatic heterocycles. The minimum Gasteiger partial charge on any atom is -0.378 e. The van der Waals surface area contributed by atoms with Gasteiger partial charge < -0.3 is 9.88 Å². The van der Waals surface area contributed by atoms with E-state index in [1.165, 1.54) is 5.69 Å². The highest BCUT2D eigenvalue weighted by atomic mass is 35.5. The van der Waals surface area contributed by atoms with E-state index in [4.69, 9.17) is 11.6 Å². The van der Waals surface area contributed by atoms with Crippen LogP contribution in [0.3, 0.4) is 0 Å². The van der Waals surface area contributed by atoms with Gasteiger partial charge in [0.1, 0.15) is 5.15 Å². The molecule has 4 heteroatoms. The predicted octanol–water partition coefficient (Wildman–Crippen LogP) is 3.56. The summed E-state index contributed by atoms with van der Waals surface area (Å²) in [6.45, 7) is 4.04. The Morgan fingerprint density at radius 1 is 1.35 bits per heavy atom. The molecule has 0 fully saturated rings. The Morgan fingerprint density at radius 2 is 2.24 bits per heavy atom. The largest absolute Gasteiger partial charge is 0.378 e. The minimum absolute atomic E-state index is 0.518. The molecule has 0 aliphatic heterocycles. The molecule has 0 aliphatic carbocycles. The summed E-state index contributed by atoms with van der Waals surface area (Å²) in [4.78, 5) is 4.03. The highest BCUT2D eigenvalue weighted by molar-refractivity contribution is 6.29. The van der Waals surface area contributed by atoms with Crippen molar-refractivity contribution in [1.29, 1.82) is 0 Å². The Balaban J connectivity index is 1.97. The van der Waals surface area contributed by atoms with Crippen molar-refractivity contribution in [2.45, 2.75) is 26.4 Å². The van der Waals surface area contributed by atoms with Crippen LogP contribution in [0.2, 0.25) is 5.15 Å². The number of aryl methyl sites for hydroxylation is 1. The average Bonchev–Trinajstić information content (AvgIpc) is 2.77. The molecule has 1 N–H and O–H groups in total. The number of hydrogen-bond donors (Lipinski definition) is 1. The van der Waals surface area contributed by atoms with Crippen molar-refractivity contribution in [2.75, 3.05) is 5.32 Å². The van der Waals surface area contributed by atoms with Gasteiger partial charge >= 0.3 is 0 Å². The number of halogens is 1. The maximum absolute atomic E-state index is 5.73. The Morgan fingerprint density at radius 3 is 2.94 bits per heavy atom. The van der Waals surface area contributed by atoms with Gasteiger partial charge in [-0.2, -0.15) is 0 Å². The number of rotatable bonds is 5. The van der Waals surface area contributed by atoms with Gasteiger partial charge in [0.2, 0.25) is 0 Å². The lowest BCUT2D eigenvalue weighted by Gasteiger charge is -2.09. The summed E-state index contributed by atoms with van der Waals surface area (Å²) in [7, 11) is 0. The van der Waals surface area contributed by atoms with Crippen molar-refractivity contribution in [2.24, 2.45) is 0 Å². The highest BCUT2D eigenvalue weighted by Gasteiger charge is 2.00. The molecule has 0 aromatic carbocycles. The number of aromatic nitrogens is 2. The molecule has 0 saturated carbocycles. The molecule has 0 amide bonds. The number of anilines is 1. The van der Waals surface area contributed by atoms with Crippen molar-refractivity contribution in [3.63, 3.8) is 0 Å². The zero-order chi connectivity index (χ0) is 12.1. The van der Waals surface area contributed by atoms with Crippen LogP contribution in [-0.2, 0) is 13.1 Å². The third-order valence-electron chi connectivity index (χ3n) is 2.59. The molecule has 90 valence electrons. The molecule has 2 aromatic rings. The van der Waals surface area contributed by atoms with Gasteiger partial charge in [-0.05, 0) is 30.7 Å². The first kappa shape index (κ1) is 12.0. The summed E-state index contributed by atoms with van der Waals surface area (Å²) in [5.74, 6) is 0. The van der Waals surface area contributed by atoms with Gasteiger partial charge in [0.25, 0.3) is 0 Å². The van der Waals surface area contributed by atoms with Crippen LogP contribution in [0.5, 0.6) is 0 Å². The van der Waals surface area contributed by atoms with E-state index < -0.39 is 0 Å². The summed E-state index contributed by atoms with van der Waals surface area (Å²) >= 11 is 5.73. The molecular formula is C13H16ClN3. The topological polar surface area (TPSA) is 29.9 Å². The first-order chi connectivity index (χ1) is 8.29. The van der Waals surface area contributed by atoms with E-state index in [2.05, 4.69) is 40.1 Å². The fourth-order valence-corrected chi connectivity index (χ4v) is 1.85. The van der Waals surface area contributed by atoms with Crippen LogP contribution in [0.25, 0.3) is 0 Å². The predicted molar refractivity (Wildman–Crippen MR) is 71.3 cm³/mol. The van der Waals surface area contributed by atoms with Gasteiger partial charge in [-0.3, -0.25) is 0 Å². The van der Waals surface area contributed by atoms with E-state index in [1.807, 2.05) is 6.07 Å². The van der Waals surface area contributed by atoms with Crippen molar-refractivity contribution in [3.8, 4) is 0 Å². The number of hydrogen-bond acceptors (Lipinski definition) is 2. The van der Waals surface area contributed by atoms with E-state index in [-0.39, 0.29) is 0 Å². The number of nitrogens with zero attached hydrogens (tertiary/aromatic N) is 2. The van der Waals surface area contributed by atoms with Crippen LogP contribution in [-0.4, -0.2) is 9.55 Å². The lowest BCUT2D eigenvalue weighted by molar-refractivity contribution is 0.654. The van der Waals surface area contributed by atoms with Gasteiger partial charge in [0.15, 0.2) is 0 Å². The molecule has 0 spiro atoms. The van der Waals surface area contributed by atoms with Gasteiger partial charge in [-0.25, -0.2) is 4.98 Å². The van der Waals surface area contributed by atoms with E-state index in [1.54, 1.807) is 12.3 Å². The zero-order valence-corrected chi connectivity index (χ0v) is 10.6. The summed E-state index contributed by atoms with van der Waals surface area (Å²) in [5.41, 5.74) is 2.26. The minimum atomic E-state index is 0.518. The monoisotopic (exact) mass is 249 g/mol. The summed E-state index contributed by atoms with van der Waals surface area (Å²) in [6, 6.07) is 7.93. The standard InChI is InChI=1S/C13H16ClN3/c1-2-7-17-8-3-4-12(17)10-15-11-5-6-13(14)16-9-11/h3-6,8-9,15H,2,7,10H2,1H3. The first-order valence-electron chi connectivity index (χ1n) is 5.79. The highest BCUT2D eigenvalue weighted by Crippen LogP contribution is 2.12. The van der Waals surface area contributed by atoms with Gasteiger partial charge in [-0.15, -0.1) is 0 Å². The first-order valence-corrected chi connectivity index (χ1v) is 6.17. The molecular weight excluding hydrogens is 234 g/mol. The second-order valence-electron chi connectivity index (χ2n) is 3.92. The van der Waals surface area contributed by atoms with Gasteiger partial charge in [-0.1, -0.05) is 18.5 Å². The van der Waals surface area contributed by atoms with E-state index in [9.17, 15) is 0 Å². The van der Waals surface area contributed by atoms with Gasteiger partial charge in [0.05, 0.1) is 18.4 Å². The zero-order valence-electron chi connectivity index (χ0n) is 9.86. The smallest absolute Gasteiger partial charge is 0.129 e. The van der Waals surface area contributed by atoms with Crippen LogP contribution in [0.15, 0.2) is 36.7 Å². The molecule has 3 nitrogen and oxygen atoms in total. The molecule has 0 bridgehead atoms. The van der Waals surface area contributed by atoms with Crippen LogP contribution < -0.4 is 5.32 Å². The molecule has 0 radical (unpaired) electrons. The average molecular weight is 250 g/mol. The molecule has 2 heterocycles. The second kappa shape index (κ2) is 5.73. The summed E-state index contributed by atoms with van der Waals surface area (Å²) in [5, 5.41) is 3.85. The molecule has 2 rings (SSSR count). The third-order valence-corrected chi connectivity index (χ3v) is 2.81. The van der Waals surface area contributed by atoms with Gasteiger partial charge in [0, 0.05) is 18.4 Å². The normalized spacial score (nSPS) is 10.5.